The van der Waals surface area contributed by atoms with E-state index in [4.69, 9.17) is 21.1 Å². The zero-order valence-corrected chi connectivity index (χ0v) is 11.9. The largest absolute Gasteiger partial charge is 0.492 e. The summed E-state index contributed by atoms with van der Waals surface area (Å²) in [5.41, 5.74) is -0.590. The van der Waals surface area contributed by atoms with Crippen molar-refractivity contribution in [3.05, 3.63) is 21.1 Å². The summed E-state index contributed by atoms with van der Waals surface area (Å²) in [7, 11) is 3.04. The van der Waals surface area contributed by atoms with E-state index in [9.17, 15) is 5.11 Å². The van der Waals surface area contributed by atoms with E-state index in [-0.39, 0.29) is 0 Å². The number of aliphatic hydroxyl groups is 1. The molecule has 1 N–H and O–H groups in total. The number of hydrogen-bond donors (Lipinski definition) is 1. The Balaban J connectivity index is 3.59. The average Bonchev–Trinajstić information content (AvgIpc) is 2.14. The molecule has 0 saturated heterocycles. The highest BCUT2D eigenvalue weighted by Crippen LogP contribution is 2.46. The minimum absolute atomic E-state index is 0.428. The normalized spacial score (nSPS) is 11.4. The van der Waals surface area contributed by atoms with Crippen molar-refractivity contribution < 1.29 is 14.6 Å². The number of benzene rings is 1. The first-order chi connectivity index (χ1) is 7.32. The van der Waals surface area contributed by atoms with Crippen molar-refractivity contribution >= 4 is 27.5 Å². The number of hydrogen-bond acceptors (Lipinski definition) is 3. The predicted octanol–water partition coefficient (Wildman–Crippen LogP) is 3.35. The van der Waals surface area contributed by atoms with Gasteiger partial charge < -0.3 is 14.6 Å². The molecule has 1 rings (SSSR count). The topological polar surface area (TPSA) is 38.7 Å². The van der Waals surface area contributed by atoms with Crippen molar-refractivity contribution in [2.45, 2.75) is 19.4 Å². The Bertz CT molecular complexity index is 399. The number of methoxy groups -OCH3 is 2. The molecule has 1 aromatic carbocycles. The van der Waals surface area contributed by atoms with Crippen LogP contribution in [0.15, 0.2) is 10.5 Å². The van der Waals surface area contributed by atoms with Crippen molar-refractivity contribution in [3.8, 4) is 11.5 Å². The molecule has 0 saturated carbocycles. The van der Waals surface area contributed by atoms with E-state index in [1.165, 1.54) is 14.2 Å². The molecule has 0 spiro atoms. The van der Waals surface area contributed by atoms with Gasteiger partial charge >= 0.3 is 0 Å². The van der Waals surface area contributed by atoms with Gasteiger partial charge in [0.2, 0.25) is 0 Å². The fourth-order valence-electron chi connectivity index (χ4n) is 1.53. The van der Waals surface area contributed by atoms with Gasteiger partial charge in [-0.15, -0.1) is 0 Å². The third-order valence-corrected chi connectivity index (χ3v) is 3.05. The van der Waals surface area contributed by atoms with Crippen LogP contribution in [0.3, 0.4) is 0 Å². The van der Waals surface area contributed by atoms with Gasteiger partial charge in [0.05, 0.1) is 29.3 Å². The lowest BCUT2D eigenvalue weighted by Crippen LogP contribution is -2.18. The molecule has 0 heterocycles. The lowest BCUT2D eigenvalue weighted by molar-refractivity contribution is 0.0752. The van der Waals surface area contributed by atoms with Gasteiger partial charge in [-0.3, -0.25) is 0 Å². The highest BCUT2D eigenvalue weighted by Gasteiger charge is 2.28. The molecule has 0 radical (unpaired) electrons. The molecule has 0 fully saturated rings. The number of halogens is 2. The summed E-state index contributed by atoms with van der Waals surface area (Å²) in [6, 6.07) is 1.68. The highest BCUT2D eigenvalue weighted by molar-refractivity contribution is 9.10. The second-order valence-electron chi connectivity index (χ2n) is 3.84. The van der Waals surface area contributed by atoms with Crippen LogP contribution in [0.25, 0.3) is 0 Å². The van der Waals surface area contributed by atoms with E-state index in [0.717, 1.165) is 0 Å². The fraction of sp³-hybridized carbons (Fsp3) is 0.455. The van der Waals surface area contributed by atoms with Crippen LogP contribution in [0, 0.1) is 0 Å². The molecule has 0 aliphatic heterocycles. The molecular weight excluding hydrogens is 295 g/mol. The Morgan fingerprint density at radius 3 is 2.12 bits per heavy atom. The van der Waals surface area contributed by atoms with Gasteiger partial charge in [-0.05, 0) is 35.8 Å². The molecule has 0 aliphatic carbocycles. The lowest BCUT2D eigenvalue weighted by atomic mass is 9.97. The minimum Gasteiger partial charge on any atom is -0.492 e. The quantitative estimate of drug-likeness (QED) is 0.930. The third-order valence-electron chi connectivity index (χ3n) is 2.16. The number of ether oxygens (including phenoxy) is 2. The van der Waals surface area contributed by atoms with Crippen LogP contribution >= 0.6 is 27.5 Å². The van der Waals surface area contributed by atoms with Crippen LogP contribution in [0.1, 0.15) is 19.4 Å². The van der Waals surface area contributed by atoms with E-state index >= 15 is 0 Å². The van der Waals surface area contributed by atoms with Gasteiger partial charge in [0.15, 0.2) is 11.5 Å². The maximum Gasteiger partial charge on any atom is 0.175 e. The van der Waals surface area contributed by atoms with Crippen LogP contribution < -0.4 is 9.47 Å². The Morgan fingerprint density at radius 2 is 1.75 bits per heavy atom. The molecule has 0 amide bonds. The van der Waals surface area contributed by atoms with Crippen LogP contribution in [0.2, 0.25) is 5.02 Å². The van der Waals surface area contributed by atoms with E-state index in [1.807, 2.05) is 0 Å². The summed E-state index contributed by atoms with van der Waals surface area (Å²) in [6.45, 7) is 3.29. The fourth-order valence-corrected chi connectivity index (χ4v) is 2.66. The molecule has 0 unspecified atom stereocenters. The molecule has 16 heavy (non-hydrogen) atoms. The molecule has 1 aromatic rings. The Labute approximate surface area is 108 Å². The SMILES string of the molecule is COc1c(Br)cc(Cl)c(C(C)(C)O)c1OC. The Hall–Kier alpha value is -0.450. The van der Waals surface area contributed by atoms with Crippen molar-refractivity contribution in [3.63, 3.8) is 0 Å². The van der Waals surface area contributed by atoms with Crippen LogP contribution in [0.4, 0.5) is 0 Å². The average molecular weight is 310 g/mol. The molecule has 0 aromatic heterocycles. The molecular formula is C11H14BrClO3. The van der Waals surface area contributed by atoms with Gasteiger partial charge in [-0.2, -0.15) is 0 Å². The van der Waals surface area contributed by atoms with E-state index in [2.05, 4.69) is 15.9 Å². The Kier molecular flexibility index (Phi) is 4.10. The summed E-state index contributed by atoms with van der Waals surface area (Å²) >= 11 is 9.43. The van der Waals surface area contributed by atoms with Gasteiger partial charge in [-0.25, -0.2) is 0 Å². The van der Waals surface area contributed by atoms with Crippen molar-refractivity contribution in [2.24, 2.45) is 0 Å². The first kappa shape index (κ1) is 13.6. The predicted molar refractivity (Wildman–Crippen MR) is 67.5 cm³/mol. The van der Waals surface area contributed by atoms with Gasteiger partial charge in [0, 0.05) is 5.56 Å². The lowest BCUT2D eigenvalue weighted by Gasteiger charge is -2.24. The minimum atomic E-state index is -1.10. The van der Waals surface area contributed by atoms with Crippen molar-refractivity contribution in [1.29, 1.82) is 0 Å². The first-order valence-electron chi connectivity index (χ1n) is 4.65. The smallest absolute Gasteiger partial charge is 0.175 e. The number of rotatable bonds is 3. The van der Waals surface area contributed by atoms with Crippen LogP contribution in [-0.2, 0) is 5.60 Å². The zero-order chi connectivity index (χ0) is 12.5. The van der Waals surface area contributed by atoms with Gasteiger partial charge in [0.1, 0.15) is 0 Å². The summed E-state index contributed by atoms with van der Waals surface area (Å²) in [6.07, 6.45) is 0. The summed E-state index contributed by atoms with van der Waals surface area (Å²) in [5, 5.41) is 10.5. The zero-order valence-electron chi connectivity index (χ0n) is 9.60. The molecule has 0 bridgehead atoms. The van der Waals surface area contributed by atoms with Crippen molar-refractivity contribution in [2.75, 3.05) is 14.2 Å². The standard InChI is InChI=1S/C11H14BrClO3/c1-11(2,14)8-7(13)5-6(12)9(15-3)10(8)16-4/h5,14H,1-4H3. The van der Waals surface area contributed by atoms with E-state index in [0.29, 0.717) is 26.6 Å². The van der Waals surface area contributed by atoms with Gasteiger partial charge in [-0.1, -0.05) is 11.6 Å². The maximum atomic E-state index is 10.1. The van der Waals surface area contributed by atoms with Gasteiger partial charge in [0.25, 0.3) is 0 Å². The molecule has 5 heteroatoms. The molecule has 3 nitrogen and oxygen atoms in total. The Morgan fingerprint density at radius 1 is 1.25 bits per heavy atom. The summed E-state index contributed by atoms with van der Waals surface area (Å²) in [5.74, 6) is 0.957. The third kappa shape index (κ3) is 2.44. The van der Waals surface area contributed by atoms with Crippen LogP contribution in [-0.4, -0.2) is 19.3 Å². The highest BCUT2D eigenvalue weighted by atomic mass is 79.9. The molecule has 0 atom stereocenters. The summed E-state index contributed by atoms with van der Waals surface area (Å²) in [4.78, 5) is 0. The second-order valence-corrected chi connectivity index (χ2v) is 5.10. The first-order valence-corrected chi connectivity index (χ1v) is 5.82. The van der Waals surface area contributed by atoms with Crippen LogP contribution in [0.5, 0.6) is 11.5 Å². The van der Waals surface area contributed by atoms with Crippen molar-refractivity contribution in [1.82, 2.24) is 0 Å². The van der Waals surface area contributed by atoms with E-state index in [1.54, 1.807) is 19.9 Å². The monoisotopic (exact) mass is 308 g/mol. The summed E-state index contributed by atoms with van der Waals surface area (Å²) < 4.78 is 11.2. The maximum absolute atomic E-state index is 10.1. The second kappa shape index (κ2) is 4.82. The molecule has 90 valence electrons. The van der Waals surface area contributed by atoms with E-state index < -0.39 is 5.60 Å². The molecule has 0 aliphatic rings.